The first-order valence-electron chi connectivity index (χ1n) is 7.12. The van der Waals surface area contributed by atoms with E-state index < -0.39 is 0 Å². The van der Waals surface area contributed by atoms with E-state index in [0.717, 1.165) is 30.8 Å². The molecule has 1 heterocycles. The second-order valence-electron chi connectivity index (χ2n) is 5.69. The van der Waals surface area contributed by atoms with Crippen molar-refractivity contribution in [3.63, 3.8) is 0 Å². The second kappa shape index (κ2) is 7.36. The third kappa shape index (κ3) is 5.21. The Kier molecular flexibility index (Phi) is 6.43. The van der Waals surface area contributed by atoms with Gasteiger partial charge in [0.05, 0.1) is 16.3 Å². The summed E-state index contributed by atoms with van der Waals surface area (Å²) in [6, 6.07) is 0.403. The molecule has 1 N–H and O–H groups in total. The predicted molar refractivity (Wildman–Crippen MR) is 82.9 cm³/mol. The maximum atomic E-state index is 5.52. The molecule has 0 aliphatic carbocycles. The van der Waals surface area contributed by atoms with Gasteiger partial charge in [-0.25, -0.2) is 4.98 Å². The van der Waals surface area contributed by atoms with Crippen LogP contribution in [-0.2, 0) is 4.74 Å². The third-order valence-electron chi connectivity index (χ3n) is 3.48. The van der Waals surface area contributed by atoms with E-state index in [-0.39, 0.29) is 5.60 Å². The van der Waals surface area contributed by atoms with Crippen molar-refractivity contribution < 1.29 is 4.74 Å². The van der Waals surface area contributed by atoms with Crippen LogP contribution in [0, 0.1) is 13.8 Å². The van der Waals surface area contributed by atoms with Crippen LogP contribution < -0.4 is 5.32 Å². The van der Waals surface area contributed by atoms with Crippen LogP contribution in [0.15, 0.2) is 0 Å². The molecule has 0 aliphatic heterocycles. The van der Waals surface area contributed by atoms with Crippen molar-refractivity contribution in [1.29, 1.82) is 0 Å². The number of hydrogen-bond acceptors (Lipinski definition) is 4. The lowest BCUT2D eigenvalue weighted by molar-refractivity contribution is 0.0117. The molecule has 0 fully saturated rings. The minimum atomic E-state index is -0.0558. The zero-order chi connectivity index (χ0) is 14.5. The van der Waals surface area contributed by atoms with Gasteiger partial charge in [-0.05, 0) is 53.5 Å². The van der Waals surface area contributed by atoms with Gasteiger partial charge in [-0.15, -0.1) is 11.3 Å². The highest BCUT2D eigenvalue weighted by molar-refractivity contribution is 7.11. The number of nitrogens with one attached hydrogen (secondary N) is 1. The number of nitrogens with zero attached hydrogens (tertiary/aromatic N) is 1. The Morgan fingerprint density at radius 3 is 2.53 bits per heavy atom. The number of rotatable bonds is 8. The molecule has 1 rings (SSSR count). The summed E-state index contributed by atoms with van der Waals surface area (Å²) < 4.78 is 5.52. The first kappa shape index (κ1) is 16.6. The van der Waals surface area contributed by atoms with Gasteiger partial charge in [-0.2, -0.15) is 0 Å². The Hall–Kier alpha value is -0.450. The molecule has 0 saturated heterocycles. The van der Waals surface area contributed by atoms with Gasteiger partial charge in [0.2, 0.25) is 0 Å². The molecule has 3 nitrogen and oxygen atoms in total. The summed E-state index contributed by atoms with van der Waals surface area (Å²) in [5, 5.41) is 4.81. The van der Waals surface area contributed by atoms with Crippen molar-refractivity contribution in [2.75, 3.05) is 13.7 Å². The van der Waals surface area contributed by atoms with Crippen molar-refractivity contribution >= 4 is 11.3 Å². The smallest absolute Gasteiger partial charge is 0.0900 e. The summed E-state index contributed by atoms with van der Waals surface area (Å²) in [5.74, 6) is 0. The van der Waals surface area contributed by atoms with E-state index in [1.807, 2.05) is 11.3 Å². The molecule has 0 saturated carbocycles. The fraction of sp³-hybridized carbons (Fsp3) is 0.800. The molecule has 0 aromatic carbocycles. The number of aromatic nitrogens is 1. The van der Waals surface area contributed by atoms with Gasteiger partial charge in [0.15, 0.2) is 0 Å². The van der Waals surface area contributed by atoms with Crippen LogP contribution in [-0.4, -0.2) is 24.2 Å². The lowest BCUT2D eigenvalue weighted by Crippen LogP contribution is -2.27. The molecule has 1 aromatic rings. The van der Waals surface area contributed by atoms with Gasteiger partial charge in [0, 0.05) is 18.0 Å². The molecule has 1 atom stereocenters. The highest BCUT2D eigenvalue weighted by Gasteiger charge is 2.22. The molecule has 1 aromatic heterocycles. The third-order valence-corrected chi connectivity index (χ3v) is 4.67. The molecule has 0 aliphatic rings. The minimum absolute atomic E-state index is 0.0558. The summed E-state index contributed by atoms with van der Waals surface area (Å²) in [6.07, 6.45) is 3.28. The quantitative estimate of drug-likeness (QED) is 0.783. The molecule has 1 unspecified atom stereocenters. The van der Waals surface area contributed by atoms with Crippen LogP contribution in [0.5, 0.6) is 0 Å². The zero-order valence-corrected chi connectivity index (χ0v) is 14.0. The lowest BCUT2D eigenvalue weighted by Gasteiger charge is -2.26. The minimum Gasteiger partial charge on any atom is -0.379 e. The number of thiazole rings is 1. The Labute approximate surface area is 121 Å². The Bertz CT molecular complexity index is 387. The van der Waals surface area contributed by atoms with E-state index in [1.165, 1.54) is 10.6 Å². The summed E-state index contributed by atoms with van der Waals surface area (Å²) in [5.41, 5.74) is 1.12. The number of hydrogen-bond donors (Lipinski definition) is 1. The standard InChI is InChI=1S/C15H28N2OS/c1-7-10-16-13(8-9-15(4,5)18-6)14-11(2)17-12(3)19-14/h13,16H,7-10H2,1-6H3. The molecular formula is C15H28N2OS. The van der Waals surface area contributed by atoms with Gasteiger partial charge in [0.25, 0.3) is 0 Å². The predicted octanol–water partition coefficient (Wildman–Crippen LogP) is 4.01. The van der Waals surface area contributed by atoms with E-state index in [1.54, 1.807) is 7.11 Å². The molecule has 4 heteroatoms. The Morgan fingerprint density at radius 1 is 1.37 bits per heavy atom. The highest BCUT2D eigenvalue weighted by Crippen LogP contribution is 2.30. The van der Waals surface area contributed by atoms with Crippen LogP contribution >= 0.6 is 11.3 Å². The molecule has 0 bridgehead atoms. The van der Waals surface area contributed by atoms with Gasteiger partial charge in [0.1, 0.15) is 0 Å². The Morgan fingerprint density at radius 2 is 2.05 bits per heavy atom. The van der Waals surface area contributed by atoms with Gasteiger partial charge in [-0.1, -0.05) is 6.92 Å². The average molecular weight is 284 g/mol. The average Bonchev–Trinajstić information content (AvgIpc) is 2.69. The molecule has 0 amide bonds. The van der Waals surface area contributed by atoms with Gasteiger partial charge >= 0.3 is 0 Å². The van der Waals surface area contributed by atoms with E-state index in [4.69, 9.17) is 4.74 Å². The fourth-order valence-electron chi connectivity index (χ4n) is 2.11. The summed E-state index contributed by atoms with van der Waals surface area (Å²) in [7, 11) is 1.79. The topological polar surface area (TPSA) is 34.1 Å². The van der Waals surface area contributed by atoms with Crippen molar-refractivity contribution in [2.24, 2.45) is 0 Å². The summed E-state index contributed by atoms with van der Waals surface area (Å²) >= 11 is 1.82. The Balaban J connectivity index is 2.74. The van der Waals surface area contributed by atoms with Crippen molar-refractivity contribution in [3.05, 3.63) is 15.6 Å². The molecule has 0 spiro atoms. The summed E-state index contributed by atoms with van der Waals surface area (Å²) in [6.45, 7) is 11.7. The van der Waals surface area contributed by atoms with Crippen LogP contribution in [0.3, 0.4) is 0 Å². The monoisotopic (exact) mass is 284 g/mol. The van der Waals surface area contributed by atoms with E-state index in [9.17, 15) is 0 Å². The van der Waals surface area contributed by atoms with Crippen LogP contribution in [0.25, 0.3) is 0 Å². The second-order valence-corrected chi connectivity index (χ2v) is 6.93. The number of methoxy groups -OCH3 is 1. The van der Waals surface area contributed by atoms with Crippen molar-refractivity contribution in [3.8, 4) is 0 Å². The largest absolute Gasteiger partial charge is 0.379 e. The van der Waals surface area contributed by atoms with Gasteiger partial charge in [-0.3, -0.25) is 0 Å². The van der Waals surface area contributed by atoms with E-state index >= 15 is 0 Å². The normalized spacial score (nSPS) is 13.8. The molecule has 0 radical (unpaired) electrons. The molecule has 19 heavy (non-hydrogen) atoms. The van der Waals surface area contributed by atoms with E-state index in [2.05, 4.69) is 44.9 Å². The fourth-order valence-corrected chi connectivity index (χ4v) is 3.15. The lowest BCUT2D eigenvalue weighted by atomic mass is 9.97. The first-order valence-corrected chi connectivity index (χ1v) is 7.93. The number of ether oxygens (including phenoxy) is 1. The maximum Gasteiger partial charge on any atom is 0.0900 e. The van der Waals surface area contributed by atoms with Crippen molar-refractivity contribution in [1.82, 2.24) is 10.3 Å². The highest BCUT2D eigenvalue weighted by atomic mass is 32.1. The zero-order valence-electron chi connectivity index (χ0n) is 13.2. The van der Waals surface area contributed by atoms with Crippen LogP contribution in [0.2, 0.25) is 0 Å². The SMILES string of the molecule is CCCNC(CCC(C)(C)OC)c1sc(C)nc1C. The maximum absolute atomic E-state index is 5.52. The molecular weight excluding hydrogens is 256 g/mol. The summed E-state index contributed by atoms with van der Waals surface area (Å²) in [4.78, 5) is 5.94. The van der Waals surface area contributed by atoms with E-state index in [0.29, 0.717) is 6.04 Å². The number of aryl methyl sites for hydroxylation is 2. The van der Waals surface area contributed by atoms with Crippen molar-refractivity contribution in [2.45, 2.75) is 65.5 Å². The first-order chi connectivity index (χ1) is 8.89. The van der Waals surface area contributed by atoms with Crippen LogP contribution in [0.1, 0.15) is 61.7 Å². The van der Waals surface area contributed by atoms with Crippen LogP contribution in [0.4, 0.5) is 0 Å². The van der Waals surface area contributed by atoms with Gasteiger partial charge < -0.3 is 10.1 Å². The molecule has 110 valence electrons.